The van der Waals surface area contributed by atoms with Crippen molar-refractivity contribution in [3.8, 4) is 0 Å². The van der Waals surface area contributed by atoms with Gasteiger partial charge in [-0.2, -0.15) is 0 Å². The minimum atomic E-state index is -0.830. The van der Waals surface area contributed by atoms with Crippen LogP contribution in [0.25, 0.3) is 0 Å². The molecule has 0 aromatic carbocycles. The Bertz CT molecular complexity index is 1430. The molecular formula is C58H90O6. The Morgan fingerprint density at radius 2 is 0.703 bits per heavy atom. The minimum absolute atomic E-state index is 0.124. The molecule has 0 N–H and O–H groups in total. The van der Waals surface area contributed by atoms with E-state index in [4.69, 9.17) is 14.2 Å². The van der Waals surface area contributed by atoms with E-state index >= 15 is 0 Å². The third-order valence-corrected chi connectivity index (χ3v) is 9.93. The topological polar surface area (TPSA) is 78.9 Å². The van der Waals surface area contributed by atoms with Gasteiger partial charge >= 0.3 is 17.9 Å². The smallest absolute Gasteiger partial charge is 0.306 e. The van der Waals surface area contributed by atoms with E-state index in [1.165, 1.54) is 25.7 Å². The van der Waals surface area contributed by atoms with Crippen molar-refractivity contribution in [1.82, 2.24) is 0 Å². The van der Waals surface area contributed by atoms with E-state index in [-0.39, 0.29) is 44.0 Å². The molecule has 0 aliphatic carbocycles. The van der Waals surface area contributed by atoms with Gasteiger partial charge in [-0.25, -0.2) is 0 Å². The molecule has 0 saturated heterocycles. The van der Waals surface area contributed by atoms with Gasteiger partial charge in [-0.05, 0) is 116 Å². The highest BCUT2D eigenvalue weighted by Gasteiger charge is 2.19. The largest absolute Gasteiger partial charge is 0.462 e. The average Bonchev–Trinajstić information content (AvgIpc) is 3.29. The fourth-order valence-corrected chi connectivity index (χ4v) is 6.19. The number of ether oxygens (including phenoxy) is 3. The molecule has 1 unspecified atom stereocenters. The number of hydrogen-bond acceptors (Lipinski definition) is 6. The monoisotopic (exact) mass is 883 g/mol. The van der Waals surface area contributed by atoms with Crippen LogP contribution in [0.5, 0.6) is 0 Å². The first-order valence-electron chi connectivity index (χ1n) is 25.2. The van der Waals surface area contributed by atoms with Crippen LogP contribution in [-0.2, 0) is 28.6 Å². The number of unbranched alkanes of at least 4 members (excludes halogenated alkanes) is 12. The first-order chi connectivity index (χ1) is 31.5. The lowest BCUT2D eigenvalue weighted by molar-refractivity contribution is -0.167. The van der Waals surface area contributed by atoms with Gasteiger partial charge < -0.3 is 14.2 Å². The Kier molecular flexibility index (Phi) is 47.6. The third-order valence-electron chi connectivity index (χ3n) is 9.93. The molecule has 0 aromatic rings. The average molecular weight is 883 g/mol. The van der Waals surface area contributed by atoms with Crippen LogP contribution >= 0.6 is 0 Å². The summed E-state index contributed by atoms with van der Waals surface area (Å²) < 4.78 is 16.7. The van der Waals surface area contributed by atoms with Crippen LogP contribution in [-0.4, -0.2) is 37.2 Å². The minimum Gasteiger partial charge on any atom is -0.462 e. The van der Waals surface area contributed by atoms with Crippen LogP contribution in [0.3, 0.4) is 0 Å². The molecule has 0 amide bonds. The van der Waals surface area contributed by atoms with E-state index in [9.17, 15) is 14.4 Å². The van der Waals surface area contributed by atoms with Gasteiger partial charge in [0, 0.05) is 19.3 Å². The summed E-state index contributed by atoms with van der Waals surface area (Å²) in [5.74, 6) is -1.04. The van der Waals surface area contributed by atoms with Gasteiger partial charge in [0.1, 0.15) is 13.2 Å². The molecule has 0 saturated carbocycles. The Morgan fingerprint density at radius 1 is 0.344 bits per heavy atom. The van der Waals surface area contributed by atoms with Crippen LogP contribution in [0.4, 0.5) is 0 Å². The van der Waals surface area contributed by atoms with E-state index in [2.05, 4.69) is 148 Å². The molecule has 64 heavy (non-hydrogen) atoms. The second kappa shape index (κ2) is 51.2. The maximum atomic E-state index is 12.8. The van der Waals surface area contributed by atoms with Crippen molar-refractivity contribution in [2.24, 2.45) is 0 Å². The first kappa shape index (κ1) is 59.5. The molecular weight excluding hydrogens is 793 g/mol. The maximum Gasteiger partial charge on any atom is 0.306 e. The SMILES string of the molecule is CC/C=C/C=C/C=C/CCCCCCCC(=O)OCC(COC(=O)CCC/C=C/C/C=C/C/C=C/C/C=C/CCCCC)OC(=O)CCCCC/C=C/C/C=C/C/C=C/C/C=C/CC. The summed E-state index contributed by atoms with van der Waals surface area (Å²) in [7, 11) is 0. The van der Waals surface area contributed by atoms with Gasteiger partial charge in [-0.3, -0.25) is 14.4 Å². The van der Waals surface area contributed by atoms with Gasteiger partial charge in [-0.15, -0.1) is 0 Å². The summed E-state index contributed by atoms with van der Waals surface area (Å²) in [6.45, 7) is 6.24. The zero-order chi connectivity index (χ0) is 46.5. The van der Waals surface area contributed by atoms with Crippen LogP contribution in [0.2, 0.25) is 0 Å². The zero-order valence-corrected chi connectivity index (χ0v) is 40.7. The molecule has 0 radical (unpaired) electrons. The van der Waals surface area contributed by atoms with E-state index in [1.807, 2.05) is 6.08 Å². The number of hydrogen-bond donors (Lipinski definition) is 0. The highest BCUT2D eigenvalue weighted by atomic mass is 16.6. The summed E-state index contributed by atoms with van der Waals surface area (Å²) in [5, 5.41) is 0. The van der Waals surface area contributed by atoms with Crippen LogP contribution < -0.4 is 0 Å². The molecule has 0 spiro atoms. The molecule has 0 aromatic heterocycles. The number of esters is 3. The molecule has 0 fully saturated rings. The lowest BCUT2D eigenvalue weighted by atomic mass is 10.1. The van der Waals surface area contributed by atoms with Crippen LogP contribution in [0, 0.1) is 0 Å². The summed E-state index contributed by atoms with van der Waals surface area (Å²) in [6.07, 6.45) is 71.5. The van der Waals surface area contributed by atoms with Crippen molar-refractivity contribution >= 4 is 17.9 Å². The zero-order valence-electron chi connectivity index (χ0n) is 40.7. The molecule has 0 aliphatic heterocycles. The summed E-state index contributed by atoms with van der Waals surface area (Å²) in [4.78, 5) is 37.9. The van der Waals surface area contributed by atoms with Crippen molar-refractivity contribution in [2.45, 2.75) is 200 Å². The van der Waals surface area contributed by atoms with E-state index < -0.39 is 6.10 Å². The maximum absolute atomic E-state index is 12.8. The molecule has 0 bridgehead atoms. The lowest BCUT2D eigenvalue weighted by Gasteiger charge is -2.18. The molecule has 0 rings (SSSR count). The van der Waals surface area contributed by atoms with Crippen molar-refractivity contribution < 1.29 is 28.6 Å². The second-order valence-corrected chi connectivity index (χ2v) is 16.0. The normalized spacial score (nSPS) is 13.2. The predicted molar refractivity (Wildman–Crippen MR) is 274 cm³/mol. The second-order valence-electron chi connectivity index (χ2n) is 16.0. The lowest BCUT2D eigenvalue weighted by Crippen LogP contribution is -2.30. The fraction of sp³-hybridized carbons (Fsp3) is 0.569. The summed E-state index contributed by atoms with van der Waals surface area (Å²) in [6, 6.07) is 0. The highest BCUT2D eigenvalue weighted by Crippen LogP contribution is 2.11. The van der Waals surface area contributed by atoms with Crippen LogP contribution in [0.15, 0.2) is 134 Å². The van der Waals surface area contributed by atoms with Gasteiger partial charge in [0.15, 0.2) is 6.10 Å². The molecule has 0 aliphatic rings. The van der Waals surface area contributed by atoms with Crippen molar-refractivity contribution in [1.29, 1.82) is 0 Å². The molecule has 0 heterocycles. The first-order valence-corrected chi connectivity index (χ1v) is 25.2. The number of allylic oxidation sites excluding steroid dienone is 22. The standard InChI is InChI=1S/C58H90O6/c1-4-7-10-13-16-19-22-25-27-29-31-33-36-39-42-45-48-51-57(60)63-54-55(53-62-56(59)50-47-44-41-38-35-32-24-21-18-15-12-9-6-3)64-58(61)52-49-46-43-40-37-34-30-28-26-23-20-17-14-11-8-5-2/h8-9,11-12,15-21,24-28,31,33-34,37,39,42,55H,4-7,10,13-14,22-23,29-30,32,35-36,38,40-41,43-54H2,1-3H3/b11-8+,12-9+,18-15+,19-16+,20-17+,24-21+,27-25+,28-26+,33-31+,37-34+,42-39+. The van der Waals surface area contributed by atoms with Crippen molar-refractivity contribution in [3.05, 3.63) is 134 Å². The van der Waals surface area contributed by atoms with Gasteiger partial charge in [-0.1, -0.05) is 193 Å². The van der Waals surface area contributed by atoms with Crippen molar-refractivity contribution in [2.75, 3.05) is 13.2 Å². The molecule has 6 heteroatoms. The van der Waals surface area contributed by atoms with Gasteiger partial charge in [0.05, 0.1) is 0 Å². The molecule has 6 nitrogen and oxygen atoms in total. The van der Waals surface area contributed by atoms with Crippen LogP contribution in [0.1, 0.15) is 194 Å². The van der Waals surface area contributed by atoms with E-state index in [1.54, 1.807) is 0 Å². The molecule has 1 atom stereocenters. The fourth-order valence-electron chi connectivity index (χ4n) is 6.19. The van der Waals surface area contributed by atoms with E-state index in [0.717, 1.165) is 116 Å². The van der Waals surface area contributed by atoms with Gasteiger partial charge in [0.2, 0.25) is 0 Å². The Balaban J connectivity index is 4.59. The highest BCUT2D eigenvalue weighted by molar-refractivity contribution is 5.71. The quantitative estimate of drug-likeness (QED) is 0.0200. The summed E-state index contributed by atoms with van der Waals surface area (Å²) >= 11 is 0. The Labute approximate surface area is 392 Å². The van der Waals surface area contributed by atoms with Gasteiger partial charge in [0.25, 0.3) is 0 Å². The third kappa shape index (κ3) is 48.6. The van der Waals surface area contributed by atoms with Crippen molar-refractivity contribution in [3.63, 3.8) is 0 Å². The number of carbonyl (C=O) groups excluding carboxylic acids is 3. The Morgan fingerprint density at radius 3 is 1.20 bits per heavy atom. The Hall–Kier alpha value is -4.45. The number of carbonyl (C=O) groups is 3. The number of rotatable bonds is 43. The molecule has 358 valence electrons. The summed E-state index contributed by atoms with van der Waals surface area (Å²) in [5.41, 5.74) is 0. The van der Waals surface area contributed by atoms with E-state index in [0.29, 0.717) is 19.3 Å². The predicted octanol–water partition coefficient (Wildman–Crippen LogP) is 16.7.